The van der Waals surface area contributed by atoms with Crippen LogP contribution in [0, 0.1) is 28.6 Å². The molecule has 0 aromatic heterocycles. The molecule has 0 spiro atoms. The summed E-state index contributed by atoms with van der Waals surface area (Å²) < 4.78 is 0. The maximum atomic E-state index is 12.0. The lowest BCUT2D eigenvalue weighted by atomic mass is 9.47. The predicted molar refractivity (Wildman–Crippen MR) is 92.0 cm³/mol. The highest BCUT2D eigenvalue weighted by molar-refractivity contribution is 6.45. The Labute approximate surface area is 144 Å². The Bertz CT molecular complexity index is 632. The molecule has 6 atom stereocenters. The zero-order chi connectivity index (χ0) is 16.6. The summed E-state index contributed by atoms with van der Waals surface area (Å²) in [4.78, 5) is 12.0. The number of ketones is 1. The van der Waals surface area contributed by atoms with Crippen molar-refractivity contribution < 1.29 is 9.90 Å². The van der Waals surface area contributed by atoms with Gasteiger partial charge in [0.15, 0.2) is 5.78 Å². The van der Waals surface area contributed by atoms with Gasteiger partial charge in [0.2, 0.25) is 0 Å². The van der Waals surface area contributed by atoms with E-state index in [1.165, 1.54) is 5.57 Å². The predicted octanol–water partition coefficient (Wildman–Crippen LogP) is 4.61. The van der Waals surface area contributed by atoms with E-state index in [-0.39, 0.29) is 16.6 Å². The fraction of sp³-hybridized carbons (Fsp3) is 0.750. The van der Waals surface area contributed by atoms with E-state index >= 15 is 0 Å². The third-order valence-electron chi connectivity index (χ3n) is 8.21. The summed E-state index contributed by atoms with van der Waals surface area (Å²) in [5, 5.41) is 11.4. The lowest BCUT2D eigenvalue weighted by Gasteiger charge is -2.58. The topological polar surface area (TPSA) is 37.3 Å². The minimum atomic E-state index is -0.532. The summed E-state index contributed by atoms with van der Waals surface area (Å²) in [7, 11) is 0. The smallest absolute Gasteiger partial charge is 0.196 e. The fourth-order valence-electron chi connectivity index (χ4n) is 6.52. The van der Waals surface area contributed by atoms with E-state index in [4.69, 9.17) is 11.6 Å². The first kappa shape index (κ1) is 15.9. The van der Waals surface area contributed by atoms with E-state index in [1.54, 1.807) is 6.08 Å². The third-order valence-corrected chi connectivity index (χ3v) is 8.62. The molecule has 3 heteroatoms. The standard InChI is InChI=1S/C20H27ClO2/c1-18-9-8-16(22)17(21)15(18)5-4-12-13(18)6-10-19(2)14(12)7-11-20(19,3)23/h8-9,12-14,23H,4-7,10-11H2,1-3H3/t12?,13?,14?,18?,19?,20-/m1/s1. The Morgan fingerprint density at radius 3 is 2.57 bits per heavy atom. The van der Waals surface area contributed by atoms with E-state index in [9.17, 15) is 9.90 Å². The van der Waals surface area contributed by atoms with Crippen LogP contribution in [0.4, 0.5) is 0 Å². The van der Waals surface area contributed by atoms with Gasteiger partial charge in [0.1, 0.15) is 0 Å². The Morgan fingerprint density at radius 1 is 1.13 bits per heavy atom. The second-order valence-electron chi connectivity index (χ2n) is 8.96. The van der Waals surface area contributed by atoms with Crippen LogP contribution < -0.4 is 0 Å². The van der Waals surface area contributed by atoms with Crippen molar-refractivity contribution in [2.75, 3.05) is 0 Å². The maximum absolute atomic E-state index is 12.0. The van der Waals surface area contributed by atoms with Crippen molar-refractivity contribution in [2.45, 2.75) is 64.9 Å². The van der Waals surface area contributed by atoms with Gasteiger partial charge in [-0.2, -0.15) is 0 Å². The number of allylic oxidation sites excluding steroid dienone is 4. The number of carbonyl (C=O) groups is 1. The minimum Gasteiger partial charge on any atom is -0.390 e. The molecule has 0 aromatic rings. The first-order valence-corrected chi connectivity index (χ1v) is 9.43. The second-order valence-corrected chi connectivity index (χ2v) is 9.33. The van der Waals surface area contributed by atoms with Crippen LogP contribution in [0.3, 0.4) is 0 Å². The normalized spacial score (nSPS) is 52.2. The van der Waals surface area contributed by atoms with Crippen molar-refractivity contribution in [1.29, 1.82) is 0 Å². The van der Waals surface area contributed by atoms with Crippen LogP contribution in [0.25, 0.3) is 0 Å². The largest absolute Gasteiger partial charge is 0.390 e. The van der Waals surface area contributed by atoms with Gasteiger partial charge < -0.3 is 5.11 Å². The summed E-state index contributed by atoms with van der Waals surface area (Å²) in [6.07, 6.45) is 10.1. The Morgan fingerprint density at radius 2 is 1.83 bits per heavy atom. The van der Waals surface area contributed by atoms with Gasteiger partial charge in [-0.3, -0.25) is 4.79 Å². The van der Waals surface area contributed by atoms with Gasteiger partial charge in [-0.05, 0) is 80.3 Å². The number of aliphatic hydroxyl groups is 1. The van der Waals surface area contributed by atoms with Crippen LogP contribution >= 0.6 is 11.6 Å². The van der Waals surface area contributed by atoms with E-state index < -0.39 is 5.60 Å². The van der Waals surface area contributed by atoms with E-state index in [0.29, 0.717) is 22.8 Å². The van der Waals surface area contributed by atoms with Gasteiger partial charge in [-0.1, -0.05) is 31.5 Å². The summed E-state index contributed by atoms with van der Waals surface area (Å²) >= 11 is 6.38. The molecule has 4 rings (SSSR count). The monoisotopic (exact) mass is 334 g/mol. The summed E-state index contributed by atoms with van der Waals surface area (Å²) in [5.74, 6) is 1.76. The van der Waals surface area contributed by atoms with Crippen LogP contribution in [0.5, 0.6) is 0 Å². The molecule has 0 saturated heterocycles. The summed E-state index contributed by atoms with van der Waals surface area (Å²) in [5.41, 5.74) is 0.615. The van der Waals surface area contributed by atoms with Gasteiger partial charge in [0.25, 0.3) is 0 Å². The third kappa shape index (κ3) is 1.88. The Balaban J connectivity index is 1.74. The van der Waals surface area contributed by atoms with Crippen molar-refractivity contribution in [2.24, 2.45) is 28.6 Å². The molecule has 0 radical (unpaired) electrons. The van der Waals surface area contributed by atoms with Crippen molar-refractivity contribution >= 4 is 17.4 Å². The molecule has 0 heterocycles. The highest BCUT2D eigenvalue weighted by Gasteiger charge is 2.62. The van der Waals surface area contributed by atoms with Crippen LogP contribution in [-0.4, -0.2) is 16.5 Å². The zero-order valence-electron chi connectivity index (χ0n) is 14.4. The van der Waals surface area contributed by atoms with Crippen LogP contribution in [0.1, 0.15) is 59.3 Å². The number of fused-ring (bicyclic) bond motifs is 5. The van der Waals surface area contributed by atoms with Crippen molar-refractivity contribution in [3.63, 3.8) is 0 Å². The molecule has 0 aromatic carbocycles. The SMILES string of the molecule is CC12C=CC(=O)C(Cl)=C1CCC1C2CCC2(C)C1CC[C@@]2(C)O. The molecule has 4 aliphatic carbocycles. The van der Waals surface area contributed by atoms with Gasteiger partial charge in [-0.15, -0.1) is 0 Å². The fourth-order valence-corrected chi connectivity index (χ4v) is 6.88. The molecule has 3 saturated carbocycles. The Kier molecular flexibility index (Phi) is 3.27. The highest BCUT2D eigenvalue weighted by atomic mass is 35.5. The van der Waals surface area contributed by atoms with Crippen LogP contribution in [0.2, 0.25) is 0 Å². The average Bonchev–Trinajstić information content (AvgIpc) is 2.74. The van der Waals surface area contributed by atoms with Crippen LogP contribution in [0.15, 0.2) is 22.8 Å². The number of carbonyl (C=O) groups excluding carboxylic acids is 1. The number of rotatable bonds is 0. The molecule has 1 N–H and O–H groups in total. The van der Waals surface area contributed by atoms with Crippen LogP contribution in [-0.2, 0) is 4.79 Å². The molecule has 2 nitrogen and oxygen atoms in total. The molecular weight excluding hydrogens is 308 g/mol. The summed E-state index contributed by atoms with van der Waals surface area (Å²) in [6.45, 7) is 6.63. The quantitative estimate of drug-likeness (QED) is 0.702. The second kappa shape index (κ2) is 4.73. The number of halogens is 1. The number of hydrogen-bond donors (Lipinski definition) is 1. The molecule has 126 valence electrons. The zero-order valence-corrected chi connectivity index (χ0v) is 15.1. The first-order chi connectivity index (χ1) is 10.7. The van der Waals surface area contributed by atoms with Gasteiger partial charge in [-0.25, -0.2) is 0 Å². The van der Waals surface area contributed by atoms with Gasteiger partial charge in [0.05, 0.1) is 10.6 Å². The molecule has 23 heavy (non-hydrogen) atoms. The molecule has 4 aliphatic rings. The van der Waals surface area contributed by atoms with Crippen molar-refractivity contribution in [1.82, 2.24) is 0 Å². The summed E-state index contributed by atoms with van der Waals surface area (Å²) in [6, 6.07) is 0. The van der Waals surface area contributed by atoms with Gasteiger partial charge >= 0.3 is 0 Å². The van der Waals surface area contributed by atoms with E-state index in [2.05, 4.69) is 19.9 Å². The van der Waals surface area contributed by atoms with Crippen molar-refractivity contribution in [3.8, 4) is 0 Å². The van der Waals surface area contributed by atoms with Gasteiger partial charge in [0, 0.05) is 5.41 Å². The van der Waals surface area contributed by atoms with E-state index in [1.807, 2.05) is 6.92 Å². The lowest BCUT2D eigenvalue weighted by Crippen LogP contribution is -2.53. The molecule has 0 amide bonds. The number of hydrogen-bond acceptors (Lipinski definition) is 2. The van der Waals surface area contributed by atoms with E-state index in [0.717, 1.165) is 38.5 Å². The Hall–Kier alpha value is -0.600. The highest BCUT2D eigenvalue weighted by Crippen LogP contribution is 2.67. The molecule has 0 aliphatic heterocycles. The molecular formula is C20H27ClO2. The minimum absolute atomic E-state index is 0.0259. The first-order valence-electron chi connectivity index (χ1n) is 9.06. The maximum Gasteiger partial charge on any atom is 0.196 e. The molecule has 0 bridgehead atoms. The molecule has 3 fully saturated rings. The molecule has 5 unspecified atom stereocenters. The average molecular weight is 335 g/mol. The lowest BCUT2D eigenvalue weighted by molar-refractivity contribution is -0.114. The van der Waals surface area contributed by atoms with Crippen molar-refractivity contribution in [3.05, 3.63) is 22.8 Å².